The van der Waals surface area contributed by atoms with Crippen LogP contribution in [0.4, 0.5) is 8.78 Å². The first-order valence-corrected chi connectivity index (χ1v) is 6.19. The normalized spacial score (nSPS) is 14.1. The fourth-order valence-electron chi connectivity index (χ4n) is 1.71. The Morgan fingerprint density at radius 2 is 2.06 bits per heavy atom. The van der Waals surface area contributed by atoms with Gasteiger partial charge in [-0.05, 0) is 31.9 Å². The van der Waals surface area contributed by atoms with E-state index < -0.39 is 11.6 Å². The van der Waals surface area contributed by atoms with Gasteiger partial charge in [0.1, 0.15) is 11.6 Å². The van der Waals surface area contributed by atoms with Gasteiger partial charge in [0.25, 0.3) is 0 Å². The topological polar surface area (TPSA) is 29.1 Å². The van der Waals surface area contributed by atoms with E-state index in [4.69, 9.17) is 11.6 Å². The van der Waals surface area contributed by atoms with Gasteiger partial charge < -0.3 is 5.32 Å². The van der Waals surface area contributed by atoms with Crippen LogP contribution in [0.25, 0.3) is 0 Å². The van der Waals surface area contributed by atoms with Crippen LogP contribution in [0.15, 0.2) is 18.2 Å². The molecule has 100 valence electrons. The highest BCUT2D eigenvalue weighted by atomic mass is 35.5. The maximum Gasteiger partial charge on any atom is 0.224 e. The number of rotatable bonds is 5. The third-order valence-corrected chi connectivity index (χ3v) is 2.63. The zero-order valence-corrected chi connectivity index (χ0v) is 11.1. The number of benzene rings is 1. The van der Waals surface area contributed by atoms with Crippen molar-refractivity contribution in [2.75, 3.05) is 0 Å². The molecule has 1 rings (SSSR count). The van der Waals surface area contributed by atoms with Crippen LogP contribution < -0.4 is 5.32 Å². The number of carbonyl (C=O) groups is 1. The SMILES string of the molecule is CC(Cl)CC(C)NC(=O)Cc1ccc(F)cc1F. The van der Waals surface area contributed by atoms with Crippen LogP contribution in [0, 0.1) is 11.6 Å². The molecule has 0 saturated heterocycles. The van der Waals surface area contributed by atoms with E-state index >= 15 is 0 Å². The summed E-state index contributed by atoms with van der Waals surface area (Å²) in [5, 5.41) is 2.68. The van der Waals surface area contributed by atoms with Crippen molar-refractivity contribution < 1.29 is 13.6 Å². The van der Waals surface area contributed by atoms with E-state index in [1.54, 1.807) is 0 Å². The second-order valence-electron chi connectivity index (χ2n) is 4.40. The van der Waals surface area contributed by atoms with Gasteiger partial charge in [0.2, 0.25) is 5.91 Å². The first-order valence-electron chi connectivity index (χ1n) is 5.76. The highest BCUT2D eigenvalue weighted by molar-refractivity contribution is 6.20. The highest BCUT2D eigenvalue weighted by Gasteiger charge is 2.12. The summed E-state index contributed by atoms with van der Waals surface area (Å²) in [6.07, 6.45) is 0.534. The molecule has 1 amide bonds. The molecule has 0 bridgehead atoms. The zero-order valence-electron chi connectivity index (χ0n) is 10.3. The zero-order chi connectivity index (χ0) is 13.7. The summed E-state index contributed by atoms with van der Waals surface area (Å²) >= 11 is 5.81. The van der Waals surface area contributed by atoms with E-state index in [2.05, 4.69) is 5.32 Å². The Labute approximate surface area is 110 Å². The monoisotopic (exact) mass is 275 g/mol. The molecule has 0 aliphatic carbocycles. The molecule has 2 unspecified atom stereocenters. The Morgan fingerprint density at radius 1 is 1.39 bits per heavy atom. The third kappa shape index (κ3) is 5.00. The number of halogens is 3. The number of amides is 1. The summed E-state index contributed by atoms with van der Waals surface area (Å²) < 4.78 is 26.0. The lowest BCUT2D eigenvalue weighted by Gasteiger charge is -2.15. The lowest BCUT2D eigenvalue weighted by Crippen LogP contribution is -2.35. The Balaban J connectivity index is 2.54. The summed E-state index contributed by atoms with van der Waals surface area (Å²) in [5.74, 6) is -1.66. The number of nitrogens with one attached hydrogen (secondary N) is 1. The van der Waals surface area contributed by atoms with Crippen LogP contribution in [0.5, 0.6) is 0 Å². The van der Waals surface area contributed by atoms with Crippen LogP contribution in [-0.2, 0) is 11.2 Å². The molecule has 0 aliphatic heterocycles. The van der Waals surface area contributed by atoms with Crippen molar-refractivity contribution in [3.05, 3.63) is 35.4 Å². The van der Waals surface area contributed by atoms with Gasteiger partial charge >= 0.3 is 0 Å². The summed E-state index contributed by atoms with van der Waals surface area (Å²) in [6, 6.07) is 3.11. The minimum absolute atomic E-state index is 0.0390. The van der Waals surface area contributed by atoms with Crippen molar-refractivity contribution in [2.45, 2.75) is 38.1 Å². The average molecular weight is 276 g/mol. The molecule has 0 radical (unpaired) electrons. The molecule has 0 fully saturated rings. The van der Waals surface area contributed by atoms with Gasteiger partial charge in [-0.2, -0.15) is 0 Å². The highest BCUT2D eigenvalue weighted by Crippen LogP contribution is 2.10. The van der Waals surface area contributed by atoms with Crippen LogP contribution in [0.3, 0.4) is 0 Å². The first kappa shape index (κ1) is 14.9. The molecule has 0 aromatic heterocycles. The van der Waals surface area contributed by atoms with E-state index in [1.807, 2.05) is 13.8 Å². The predicted molar refractivity (Wildman–Crippen MR) is 67.6 cm³/mol. The van der Waals surface area contributed by atoms with Crippen LogP contribution in [0.1, 0.15) is 25.8 Å². The van der Waals surface area contributed by atoms with E-state index in [-0.39, 0.29) is 29.3 Å². The van der Waals surface area contributed by atoms with Crippen molar-refractivity contribution in [2.24, 2.45) is 0 Å². The quantitative estimate of drug-likeness (QED) is 0.823. The van der Waals surface area contributed by atoms with Gasteiger partial charge in [-0.3, -0.25) is 4.79 Å². The first-order chi connectivity index (χ1) is 8.38. The summed E-state index contributed by atoms with van der Waals surface area (Å²) in [4.78, 5) is 11.6. The molecule has 1 aromatic rings. The lowest BCUT2D eigenvalue weighted by molar-refractivity contribution is -0.121. The summed E-state index contributed by atoms with van der Waals surface area (Å²) in [6.45, 7) is 3.67. The number of hydrogen-bond donors (Lipinski definition) is 1. The fraction of sp³-hybridized carbons (Fsp3) is 0.462. The van der Waals surface area contributed by atoms with Gasteiger partial charge in [0.15, 0.2) is 0 Å². The molecule has 18 heavy (non-hydrogen) atoms. The molecule has 0 aliphatic rings. The third-order valence-electron chi connectivity index (χ3n) is 2.45. The van der Waals surface area contributed by atoms with Crippen LogP contribution in [-0.4, -0.2) is 17.3 Å². The number of alkyl halides is 1. The Kier molecular flexibility index (Phi) is 5.54. The summed E-state index contributed by atoms with van der Waals surface area (Å²) in [7, 11) is 0. The van der Waals surface area contributed by atoms with Crippen molar-refractivity contribution >= 4 is 17.5 Å². The largest absolute Gasteiger partial charge is 0.353 e. The molecule has 0 saturated carbocycles. The minimum atomic E-state index is -0.705. The Hall–Kier alpha value is -1.16. The van der Waals surface area contributed by atoms with Crippen molar-refractivity contribution in [1.82, 2.24) is 5.32 Å². The second kappa shape index (κ2) is 6.69. The Morgan fingerprint density at radius 3 is 2.61 bits per heavy atom. The van der Waals surface area contributed by atoms with Gasteiger partial charge in [0, 0.05) is 17.5 Å². The van der Waals surface area contributed by atoms with Gasteiger partial charge in [0.05, 0.1) is 6.42 Å². The molecule has 0 heterocycles. The molecule has 2 nitrogen and oxygen atoms in total. The molecular formula is C13H16ClF2NO. The Bertz CT molecular complexity index is 423. The van der Waals surface area contributed by atoms with Crippen molar-refractivity contribution in [1.29, 1.82) is 0 Å². The standard InChI is InChI=1S/C13H16ClF2NO/c1-8(14)5-9(2)17-13(18)6-10-3-4-11(15)7-12(10)16/h3-4,7-9H,5-6H2,1-2H3,(H,17,18). The van der Waals surface area contributed by atoms with Gasteiger partial charge in [-0.1, -0.05) is 6.07 Å². The molecule has 1 N–H and O–H groups in total. The predicted octanol–water partition coefficient (Wildman–Crippen LogP) is 3.03. The number of carbonyl (C=O) groups excluding carboxylic acids is 1. The lowest BCUT2D eigenvalue weighted by atomic mass is 10.1. The molecule has 5 heteroatoms. The molecular weight excluding hydrogens is 260 g/mol. The van der Waals surface area contributed by atoms with Crippen molar-refractivity contribution in [3.8, 4) is 0 Å². The average Bonchev–Trinajstić information content (AvgIpc) is 2.20. The fourth-order valence-corrected chi connectivity index (χ4v) is 1.98. The molecule has 1 aromatic carbocycles. The smallest absolute Gasteiger partial charge is 0.224 e. The van der Waals surface area contributed by atoms with E-state index in [1.165, 1.54) is 6.07 Å². The van der Waals surface area contributed by atoms with E-state index in [0.717, 1.165) is 12.1 Å². The van der Waals surface area contributed by atoms with Gasteiger partial charge in [-0.15, -0.1) is 11.6 Å². The van der Waals surface area contributed by atoms with Gasteiger partial charge in [-0.25, -0.2) is 8.78 Å². The van der Waals surface area contributed by atoms with Crippen molar-refractivity contribution in [3.63, 3.8) is 0 Å². The maximum absolute atomic E-state index is 13.3. The molecule has 2 atom stereocenters. The second-order valence-corrected chi connectivity index (χ2v) is 5.14. The minimum Gasteiger partial charge on any atom is -0.353 e. The summed E-state index contributed by atoms with van der Waals surface area (Å²) in [5.41, 5.74) is 0.181. The van der Waals surface area contributed by atoms with Crippen LogP contribution in [0.2, 0.25) is 0 Å². The van der Waals surface area contributed by atoms with E-state index in [0.29, 0.717) is 6.42 Å². The molecule has 0 spiro atoms. The number of hydrogen-bond acceptors (Lipinski definition) is 1. The maximum atomic E-state index is 13.3. The van der Waals surface area contributed by atoms with Crippen LogP contribution >= 0.6 is 11.6 Å². The van der Waals surface area contributed by atoms with E-state index in [9.17, 15) is 13.6 Å².